The van der Waals surface area contributed by atoms with Crippen molar-refractivity contribution < 1.29 is 23.9 Å². The van der Waals surface area contributed by atoms with Crippen LogP contribution in [0.15, 0.2) is 18.6 Å². The molecular weight excluding hydrogens is 352 g/mol. The van der Waals surface area contributed by atoms with Gasteiger partial charge in [0, 0.05) is 31.0 Å². The fourth-order valence-electron chi connectivity index (χ4n) is 3.44. The number of hydrogen-bond acceptors (Lipinski definition) is 7. The molecule has 146 valence electrons. The fraction of sp³-hybridized carbons (Fsp3) is 0.556. The van der Waals surface area contributed by atoms with E-state index < -0.39 is 29.8 Å². The van der Waals surface area contributed by atoms with Gasteiger partial charge in [0.2, 0.25) is 0 Å². The average Bonchev–Trinajstić information content (AvgIpc) is 3.14. The highest BCUT2D eigenvalue weighted by Gasteiger charge is 2.57. The predicted octanol–water partition coefficient (Wildman–Crippen LogP) is 1.61. The zero-order valence-electron chi connectivity index (χ0n) is 16.3. The van der Waals surface area contributed by atoms with Crippen LogP contribution in [-0.2, 0) is 23.9 Å². The van der Waals surface area contributed by atoms with E-state index in [4.69, 9.17) is 14.3 Å². The third-order valence-corrected chi connectivity index (χ3v) is 5.03. The second kappa shape index (κ2) is 6.90. The maximum Gasteiger partial charge on any atom is 0.303 e. The van der Waals surface area contributed by atoms with Gasteiger partial charge in [-0.25, -0.2) is 15.0 Å². The summed E-state index contributed by atoms with van der Waals surface area (Å²) in [5.74, 6) is -0.804. The van der Waals surface area contributed by atoms with Gasteiger partial charge in [0.1, 0.15) is 18.1 Å². The Labute approximate surface area is 157 Å². The van der Waals surface area contributed by atoms with Crippen molar-refractivity contribution in [2.45, 2.75) is 46.1 Å². The first kappa shape index (κ1) is 19.2. The van der Waals surface area contributed by atoms with Gasteiger partial charge in [0.15, 0.2) is 12.3 Å². The minimum Gasteiger partial charge on any atom is -0.457 e. The van der Waals surface area contributed by atoms with E-state index in [0.717, 1.165) is 16.1 Å². The summed E-state index contributed by atoms with van der Waals surface area (Å²) >= 11 is 0. The van der Waals surface area contributed by atoms with Crippen LogP contribution in [0.4, 0.5) is 0 Å². The number of ether oxygens (including phenoxy) is 2. The SMILES string of the molecule is CON(C)C(=O)[C@H]1O[C@@H](n2ccc3c(C)ncnc32)C(OC(C)=O)C1(C)C. The van der Waals surface area contributed by atoms with Crippen molar-refractivity contribution in [2.75, 3.05) is 14.2 Å². The molecule has 0 aliphatic carbocycles. The largest absolute Gasteiger partial charge is 0.457 e. The van der Waals surface area contributed by atoms with Gasteiger partial charge in [-0.15, -0.1) is 0 Å². The number of amides is 1. The molecule has 1 saturated heterocycles. The summed E-state index contributed by atoms with van der Waals surface area (Å²) in [6.07, 6.45) is 1.000. The molecule has 0 N–H and O–H groups in total. The first-order valence-corrected chi connectivity index (χ1v) is 8.61. The highest BCUT2D eigenvalue weighted by atomic mass is 16.7. The Hall–Kier alpha value is -2.52. The number of carbonyl (C=O) groups excluding carboxylic acids is 2. The molecule has 1 fully saturated rings. The summed E-state index contributed by atoms with van der Waals surface area (Å²) in [6, 6.07) is 1.88. The van der Waals surface area contributed by atoms with E-state index in [1.54, 1.807) is 10.8 Å². The number of esters is 1. The van der Waals surface area contributed by atoms with Crippen molar-refractivity contribution in [2.24, 2.45) is 5.41 Å². The molecule has 9 heteroatoms. The molecule has 2 aromatic rings. The van der Waals surface area contributed by atoms with Gasteiger partial charge in [-0.2, -0.15) is 0 Å². The molecular formula is C18H24N4O5. The molecule has 0 radical (unpaired) electrons. The summed E-state index contributed by atoms with van der Waals surface area (Å²) < 4.78 is 13.5. The van der Waals surface area contributed by atoms with Crippen molar-refractivity contribution in [3.63, 3.8) is 0 Å². The lowest BCUT2D eigenvalue weighted by atomic mass is 9.81. The third kappa shape index (κ3) is 3.17. The highest BCUT2D eigenvalue weighted by molar-refractivity contribution is 5.82. The molecule has 2 aromatic heterocycles. The van der Waals surface area contributed by atoms with Crippen LogP contribution < -0.4 is 0 Å². The van der Waals surface area contributed by atoms with E-state index in [-0.39, 0.29) is 5.91 Å². The molecule has 1 aliphatic rings. The van der Waals surface area contributed by atoms with Crippen LogP contribution in [-0.4, -0.2) is 57.8 Å². The Morgan fingerprint density at radius 2 is 2.04 bits per heavy atom. The Bertz CT molecular complexity index is 878. The van der Waals surface area contributed by atoms with Crippen LogP contribution in [0, 0.1) is 12.3 Å². The number of likely N-dealkylation sites (N-methyl/N-ethyl adjacent to an activating group) is 1. The quantitative estimate of drug-likeness (QED) is 0.591. The minimum absolute atomic E-state index is 0.357. The van der Waals surface area contributed by atoms with E-state index in [1.165, 1.54) is 27.4 Å². The van der Waals surface area contributed by atoms with Crippen LogP contribution in [0.2, 0.25) is 0 Å². The normalized spacial score (nSPS) is 24.1. The molecule has 0 aromatic carbocycles. The Kier molecular flexibility index (Phi) is 4.92. The van der Waals surface area contributed by atoms with Crippen LogP contribution in [0.1, 0.15) is 32.7 Å². The van der Waals surface area contributed by atoms with Crippen LogP contribution in [0.5, 0.6) is 0 Å². The minimum atomic E-state index is -0.864. The predicted molar refractivity (Wildman–Crippen MR) is 95.3 cm³/mol. The average molecular weight is 376 g/mol. The molecule has 3 heterocycles. The highest BCUT2D eigenvalue weighted by Crippen LogP contribution is 2.46. The smallest absolute Gasteiger partial charge is 0.303 e. The summed E-state index contributed by atoms with van der Waals surface area (Å²) in [5, 5.41) is 1.98. The maximum absolute atomic E-state index is 12.8. The topological polar surface area (TPSA) is 95.8 Å². The van der Waals surface area contributed by atoms with Gasteiger partial charge in [0.25, 0.3) is 5.91 Å². The monoisotopic (exact) mass is 376 g/mol. The molecule has 1 aliphatic heterocycles. The standard InChI is InChI=1S/C18H24N4O5/c1-10-12-7-8-22(15(12)20-9-19-10)17-14(26-11(2)23)18(3,4)13(27-17)16(24)21(5)25-6/h7-9,13-14,17H,1-6H3/t13-,14?,17-/m1/s1. The van der Waals surface area contributed by atoms with Gasteiger partial charge in [0.05, 0.1) is 12.8 Å². The summed E-state index contributed by atoms with van der Waals surface area (Å²) in [5.41, 5.74) is 0.680. The maximum atomic E-state index is 12.8. The van der Waals surface area contributed by atoms with Gasteiger partial charge in [-0.05, 0) is 13.0 Å². The third-order valence-electron chi connectivity index (χ3n) is 5.03. The zero-order chi connectivity index (χ0) is 19.9. The van der Waals surface area contributed by atoms with Gasteiger partial charge in [-0.1, -0.05) is 13.8 Å². The number of hydroxylamine groups is 2. The summed E-state index contributed by atoms with van der Waals surface area (Å²) in [4.78, 5) is 38.1. The first-order valence-electron chi connectivity index (χ1n) is 8.61. The van der Waals surface area contributed by atoms with Gasteiger partial charge in [-0.3, -0.25) is 14.4 Å². The molecule has 0 spiro atoms. The van der Waals surface area contributed by atoms with Crippen molar-refractivity contribution in [3.05, 3.63) is 24.3 Å². The number of nitrogens with zero attached hydrogens (tertiary/aromatic N) is 4. The van der Waals surface area contributed by atoms with E-state index in [1.807, 2.05) is 26.8 Å². The Morgan fingerprint density at radius 3 is 2.67 bits per heavy atom. The van der Waals surface area contributed by atoms with Crippen molar-refractivity contribution in [3.8, 4) is 0 Å². The van der Waals surface area contributed by atoms with Crippen LogP contribution >= 0.6 is 0 Å². The summed E-state index contributed by atoms with van der Waals surface area (Å²) in [7, 11) is 2.91. The number of fused-ring (bicyclic) bond motifs is 1. The Morgan fingerprint density at radius 1 is 1.33 bits per heavy atom. The molecule has 1 unspecified atom stereocenters. The zero-order valence-corrected chi connectivity index (χ0v) is 16.3. The molecule has 3 atom stereocenters. The number of aryl methyl sites for hydroxylation is 1. The summed E-state index contributed by atoms with van der Waals surface area (Å²) in [6.45, 7) is 6.89. The first-order chi connectivity index (χ1) is 12.7. The fourth-order valence-corrected chi connectivity index (χ4v) is 3.44. The molecule has 0 bridgehead atoms. The molecule has 27 heavy (non-hydrogen) atoms. The second-order valence-electron chi connectivity index (χ2n) is 7.20. The molecule has 0 saturated carbocycles. The number of hydrogen-bond donors (Lipinski definition) is 0. The number of carbonyl (C=O) groups is 2. The van der Waals surface area contributed by atoms with Gasteiger partial charge >= 0.3 is 5.97 Å². The molecule has 1 amide bonds. The van der Waals surface area contributed by atoms with Crippen molar-refractivity contribution in [1.29, 1.82) is 0 Å². The lowest BCUT2D eigenvalue weighted by Gasteiger charge is -2.31. The second-order valence-corrected chi connectivity index (χ2v) is 7.20. The lowest BCUT2D eigenvalue weighted by molar-refractivity contribution is -0.185. The lowest BCUT2D eigenvalue weighted by Crippen LogP contribution is -2.46. The number of rotatable bonds is 4. The Balaban J connectivity index is 2.07. The molecule has 3 rings (SSSR count). The van der Waals surface area contributed by atoms with E-state index >= 15 is 0 Å². The van der Waals surface area contributed by atoms with E-state index in [2.05, 4.69) is 9.97 Å². The molecule has 9 nitrogen and oxygen atoms in total. The van der Waals surface area contributed by atoms with Crippen molar-refractivity contribution >= 4 is 22.9 Å². The van der Waals surface area contributed by atoms with Crippen LogP contribution in [0.25, 0.3) is 11.0 Å². The number of aromatic nitrogens is 3. The van der Waals surface area contributed by atoms with E-state index in [0.29, 0.717) is 5.65 Å². The van der Waals surface area contributed by atoms with Crippen molar-refractivity contribution in [1.82, 2.24) is 19.6 Å². The van der Waals surface area contributed by atoms with E-state index in [9.17, 15) is 9.59 Å². The van der Waals surface area contributed by atoms with Crippen LogP contribution in [0.3, 0.4) is 0 Å². The van der Waals surface area contributed by atoms with Gasteiger partial charge < -0.3 is 14.0 Å².